The Morgan fingerprint density at radius 1 is 1.12 bits per heavy atom. The summed E-state index contributed by atoms with van der Waals surface area (Å²) < 4.78 is 1.83. The average molecular weight is 322 g/mol. The number of carbonyl (C=O) groups is 1. The fourth-order valence-corrected chi connectivity index (χ4v) is 2.77. The molecule has 3 aromatic rings. The Morgan fingerprint density at radius 3 is 2.62 bits per heavy atom. The summed E-state index contributed by atoms with van der Waals surface area (Å²) in [4.78, 5) is 14.9. The summed E-state index contributed by atoms with van der Waals surface area (Å²) in [5.74, 6) is 0.00241. The van der Waals surface area contributed by atoms with Crippen molar-refractivity contribution < 1.29 is 4.79 Å². The first-order chi connectivity index (χ1) is 11.7. The monoisotopic (exact) mass is 322 g/mol. The van der Waals surface area contributed by atoms with Crippen molar-refractivity contribution in [2.45, 2.75) is 33.2 Å². The van der Waals surface area contributed by atoms with Gasteiger partial charge in [0.25, 0.3) is 5.91 Å². The van der Waals surface area contributed by atoms with E-state index < -0.39 is 0 Å². The summed E-state index contributed by atoms with van der Waals surface area (Å²) >= 11 is 0. The molecule has 5 heteroatoms. The van der Waals surface area contributed by atoms with Crippen molar-refractivity contribution in [2.24, 2.45) is 0 Å². The fraction of sp³-hybridized carbons (Fsp3) is 0.316. The molecule has 0 saturated carbocycles. The van der Waals surface area contributed by atoms with Gasteiger partial charge in [-0.25, -0.2) is 4.68 Å². The van der Waals surface area contributed by atoms with E-state index in [0.29, 0.717) is 12.1 Å². The molecule has 24 heavy (non-hydrogen) atoms. The summed E-state index contributed by atoms with van der Waals surface area (Å²) in [6.07, 6.45) is 2.01. The Hall–Kier alpha value is -2.69. The molecule has 124 valence electrons. The molecule has 0 aliphatic carbocycles. The molecule has 0 atom stereocenters. The highest BCUT2D eigenvalue weighted by Gasteiger charge is 2.18. The van der Waals surface area contributed by atoms with Crippen LogP contribution in [0.3, 0.4) is 0 Å². The zero-order valence-electron chi connectivity index (χ0n) is 14.1. The molecular weight excluding hydrogens is 300 g/mol. The minimum atomic E-state index is 0.00241. The van der Waals surface area contributed by atoms with E-state index >= 15 is 0 Å². The molecule has 0 radical (unpaired) electrons. The molecule has 0 N–H and O–H groups in total. The minimum absolute atomic E-state index is 0.00241. The van der Waals surface area contributed by atoms with Gasteiger partial charge >= 0.3 is 0 Å². The number of rotatable bonds is 6. The van der Waals surface area contributed by atoms with Crippen molar-refractivity contribution in [3.05, 3.63) is 54.1 Å². The summed E-state index contributed by atoms with van der Waals surface area (Å²) in [7, 11) is 0. The summed E-state index contributed by atoms with van der Waals surface area (Å²) in [5.41, 5.74) is 3.28. The van der Waals surface area contributed by atoms with Crippen LogP contribution in [-0.4, -0.2) is 27.4 Å². The molecule has 1 aromatic heterocycles. The maximum absolute atomic E-state index is 13.0. The highest BCUT2D eigenvalue weighted by Crippen LogP contribution is 2.20. The molecule has 0 unspecified atom stereocenters. The van der Waals surface area contributed by atoms with Crippen molar-refractivity contribution in [3.8, 4) is 0 Å². The van der Waals surface area contributed by atoms with Crippen LogP contribution in [0.25, 0.3) is 11.0 Å². The quantitative estimate of drug-likeness (QED) is 0.691. The minimum Gasteiger partial charge on any atom is -0.308 e. The maximum Gasteiger partial charge on any atom is 0.258 e. The van der Waals surface area contributed by atoms with Crippen LogP contribution < -0.4 is 4.90 Å². The van der Waals surface area contributed by atoms with Crippen LogP contribution in [0.5, 0.6) is 0 Å². The van der Waals surface area contributed by atoms with Gasteiger partial charge in [-0.3, -0.25) is 4.79 Å². The maximum atomic E-state index is 13.0. The Labute approximate surface area is 141 Å². The zero-order chi connectivity index (χ0) is 16.9. The first-order valence-electron chi connectivity index (χ1n) is 8.44. The van der Waals surface area contributed by atoms with Gasteiger partial charge in [0.1, 0.15) is 5.52 Å². The fourth-order valence-electron chi connectivity index (χ4n) is 2.77. The normalized spacial score (nSPS) is 10.9. The Bertz CT molecular complexity index is 826. The number of nitrogens with zero attached hydrogens (tertiary/aromatic N) is 4. The van der Waals surface area contributed by atoms with Crippen LogP contribution in [0.2, 0.25) is 0 Å². The van der Waals surface area contributed by atoms with Crippen LogP contribution in [0.15, 0.2) is 48.5 Å². The standard InChI is InChI=1S/C19H22N4O/c1-3-5-13-22(16-9-7-6-8-10-16)19(24)15-11-12-18-17(14-15)20-21-23(18)4-2/h6-12,14H,3-5,13H2,1-2H3. The third-order valence-corrected chi connectivity index (χ3v) is 4.11. The number of hydrogen-bond donors (Lipinski definition) is 0. The predicted octanol–water partition coefficient (Wildman–Crippen LogP) is 3.90. The van der Waals surface area contributed by atoms with Gasteiger partial charge in [0.15, 0.2) is 0 Å². The predicted molar refractivity (Wildman–Crippen MR) is 96.2 cm³/mol. The summed E-state index contributed by atoms with van der Waals surface area (Å²) in [5, 5.41) is 8.28. The van der Waals surface area contributed by atoms with Crippen molar-refractivity contribution in [2.75, 3.05) is 11.4 Å². The topological polar surface area (TPSA) is 51.0 Å². The molecule has 1 amide bonds. The van der Waals surface area contributed by atoms with Gasteiger partial charge in [0, 0.05) is 24.3 Å². The van der Waals surface area contributed by atoms with E-state index in [9.17, 15) is 4.79 Å². The van der Waals surface area contributed by atoms with Gasteiger partial charge in [-0.2, -0.15) is 0 Å². The lowest BCUT2D eigenvalue weighted by Gasteiger charge is -2.22. The lowest BCUT2D eigenvalue weighted by Crippen LogP contribution is -2.31. The number of anilines is 1. The number of aromatic nitrogens is 3. The number of para-hydroxylation sites is 1. The van der Waals surface area contributed by atoms with E-state index in [2.05, 4.69) is 17.2 Å². The van der Waals surface area contributed by atoms with Crippen LogP contribution in [0.4, 0.5) is 5.69 Å². The van der Waals surface area contributed by atoms with Gasteiger partial charge in [0.05, 0.1) is 5.52 Å². The van der Waals surface area contributed by atoms with Crippen molar-refractivity contribution in [3.63, 3.8) is 0 Å². The van der Waals surface area contributed by atoms with Gasteiger partial charge < -0.3 is 4.90 Å². The van der Waals surface area contributed by atoms with Crippen LogP contribution in [0, 0.1) is 0 Å². The summed E-state index contributed by atoms with van der Waals surface area (Å²) in [6.45, 7) is 5.62. The van der Waals surface area contributed by atoms with E-state index in [1.165, 1.54) is 0 Å². The van der Waals surface area contributed by atoms with Crippen LogP contribution >= 0.6 is 0 Å². The van der Waals surface area contributed by atoms with Gasteiger partial charge in [-0.05, 0) is 43.7 Å². The van der Waals surface area contributed by atoms with E-state index in [-0.39, 0.29) is 5.91 Å². The number of fused-ring (bicyclic) bond motifs is 1. The smallest absolute Gasteiger partial charge is 0.258 e. The lowest BCUT2D eigenvalue weighted by molar-refractivity contribution is 0.0986. The number of amides is 1. The average Bonchev–Trinajstić information content (AvgIpc) is 3.05. The molecule has 1 heterocycles. The van der Waals surface area contributed by atoms with Gasteiger partial charge in [-0.1, -0.05) is 36.8 Å². The van der Waals surface area contributed by atoms with Crippen molar-refractivity contribution >= 4 is 22.6 Å². The largest absolute Gasteiger partial charge is 0.308 e. The number of unbranched alkanes of at least 4 members (excludes halogenated alkanes) is 1. The van der Waals surface area contributed by atoms with Crippen LogP contribution in [-0.2, 0) is 6.54 Å². The number of benzene rings is 2. The van der Waals surface area contributed by atoms with Crippen molar-refractivity contribution in [1.82, 2.24) is 15.0 Å². The number of carbonyl (C=O) groups excluding carboxylic acids is 1. The molecule has 5 nitrogen and oxygen atoms in total. The van der Waals surface area contributed by atoms with Crippen molar-refractivity contribution in [1.29, 1.82) is 0 Å². The molecule has 0 aliphatic rings. The van der Waals surface area contributed by atoms with E-state index in [4.69, 9.17) is 0 Å². The third kappa shape index (κ3) is 3.15. The first-order valence-corrected chi connectivity index (χ1v) is 8.44. The highest BCUT2D eigenvalue weighted by atomic mass is 16.2. The molecule has 0 fully saturated rings. The summed E-state index contributed by atoms with van der Waals surface area (Å²) in [6, 6.07) is 15.4. The SMILES string of the molecule is CCCCN(C(=O)c1ccc2c(c1)nnn2CC)c1ccccc1. The molecular formula is C19H22N4O. The third-order valence-electron chi connectivity index (χ3n) is 4.11. The van der Waals surface area contributed by atoms with Crippen LogP contribution in [0.1, 0.15) is 37.0 Å². The Kier molecular flexibility index (Phi) is 4.89. The molecule has 0 saturated heterocycles. The first kappa shape index (κ1) is 16.2. The van der Waals surface area contributed by atoms with Gasteiger partial charge in [-0.15, -0.1) is 5.10 Å². The molecule has 0 bridgehead atoms. The number of hydrogen-bond acceptors (Lipinski definition) is 3. The lowest BCUT2D eigenvalue weighted by atomic mass is 10.1. The second-order valence-electron chi connectivity index (χ2n) is 5.75. The second kappa shape index (κ2) is 7.25. The Balaban J connectivity index is 1.94. The zero-order valence-corrected chi connectivity index (χ0v) is 14.1. The Morgan fingerprint density at radius 2 is 1.92 bits per heavy atom. The molecule has 0 aliphatic heterocycles. The highest BCUT2D eigenvalue weighted by molar-refractivity contribution is 6.07. The van der Waals surface area contributed by atoms with Gasteiger partial charge in [0.2, 0.25) is 0 Å². The number of aryl methyl sites for hydroxylation is 1. The molecule has 3 rings (SSSR count). The molecule has 0 spiro atoms. The van der Waals surface area contributed by atoms with E-state index in [1.54, 1.807) is 0 Å². The van der Waals surface area contributed by atoms with E-state index in [1.807, 2.05) is 65.0 Å². The molecule has 2 aromatic carbocycles. The van der Waals surface area contributed by atoms with E-state index in [0.717, 1.165) is 36.1 Å². The second-order valence-corrected chi connectivity index (χ2v) is 5.75.